The van der Waals surface area contributed by atoms with Crippen LogP contribution in [-0.4, -0.2) is 49.6 Å². The number of carbonyl (C=O) groups excluding carboxylic acids is 1. The normalized spacial score (nSPS) is 10.6. The fourth-order valence-electron chi connectivity index (χ4n) is 2.38. The van der Waals surface area contributed by atoms with Gasteiger partial charge in [0.2, 0.25) is 0 Å². The Balaban J connectivity index is 2.02. The number of anilines is 1. The number of rotatable bonds is 8. The predicted molar refractivity (Wildman–Crippen MR) is 102 cm³/mol. The van der Waals surface area contributed by atoms with Crippen molar-refractivity contribution >= 4 is 11.7 Å². The fraction of sp³-hybridized carbons (Fsp3) is 0.350. The maximum absolute atomic E-state index is 12.7. The summed E-state index contributed by atoms with van der Waals surface area (Å²) >= 11 is 0. The van der Waals surface area contributed by atoms with Crippen LogP contribution in [0.2, 0.25) is 0 Å². The molecule has 0 aliphatic carbocycles. The van der Waals surface area contributed by atoms with E-state index >= 15 is 0 Å². The molecule has 134 valence electrons. The van der Waals surface area contributed by atoms with E-state index in [2.05, 4.69) is 10.2 Å². The molecule has 0 atom stereocenters. The number of nitrogens with one attached hydrogen (secondary N) is 1. The van der Waals surface area contributed by atoms with Crippen LogP contribution >= 0.6 is 0 Å². The van der Waals surface area contributed by atoms with Crippen molar-refractivity contribution < 1.29 is 9.53 Å². The Morgan fingerprint density at radius 3 is 2.28 bits per heavy atom. The summed E-state index contributed by atoms with van der Waals surface area (Å²) in [5, 5.41) is 2.97. The standard InChI is InChI=1S/C20H27N3O2/c1-4-25-19-12-10-18(11-13-19)21-20(24)23(15-14-22(2)3)16-17-8-6-5-7-9-17/h5-13H,4,14-16H2,1-3H3,(H,21,24). The number of urea groups is 1. The van der Waals surface area contributed by atoms with Crippen molar-refractivity contribution in [3.05, 3.63) is 60.2 Å². The topological polar surface area (TPSA) is 44.8 Å². The molecule has 2 rings (SSSR count). The third-order valence-corrected chi connectivity index (χ3v) is 3.74. The third-order valence-electron chi connectivity index (χ3n) is 3.74. The molecule has 0 aliphatic heterocycles. The highest BCUT2D eigenvalue weighted by atomic mass is 16.5. The Morgan fingerprint density at radius 1 is 1.00 bits per heavy atom. The van der Waals surface area contributed by atoms with E-state index in [0.29, 0.717) is 19.7 Å². The highest BCUT2D eigenvalue weighted by molar-refractivity contribution is 5.89. The second-order valence-electron chi connectivity index (χ2n) is 6.10. The quantitative estimate of drug-likeness (QED) is 0.796. The Labute approximate surface area is 150 Å². The zero-order valence-electron chi connectivity index (χ0n) is 15.2. The Bertz CT molecular complexity index is 642. The molecule has 2 amide bonds. The molecule has 0 heterocycles. The first-order valence-corrected chi connectivity index (χ1v) is 8.56. The number of hydrogen-bond acceptors (Lipinski definition) is 3. The van der Waals surface area contributed by atoms with Gasteiger partial charge in [0, 0.05) is 25.3 Å². The average molecular weight is 341 g/mol. The van der Waals surface area contributed by atoms with Crippen molar-refractivity contribution in [2.75, 3.05) is 39.1 Å². The maximum atomic E-state index is 12.7. The molecule has 5 nitrogen and oxygen atoms in total. The molecular formula is C20H27N3O2. The minimum Gasteiger partial charge on any atom is -0.494 e. The van der Waals surface area contributed by atoms with Crippen molar-refractivity contribution in [3.8, 4) is 5.75 Å². The minimum atomic E-state index is -0.102. The number of carbonyl (C=O) groups is 1. The molecule has 25 heavy (non-hydrogen) atoms. The molecule has 1 N–H and O–H groups in total. The molecule has 0 aliphatic rings. The summed E-state index contributed by atoms with van der Waals surface area (Å²) in [4.78, 5) is 16.6. The lowest BCUT2D eigenvalue weighted by molar-refractivity contribution is 0.202. The Hall–Kier alpha value is -2.53. The second kappa shape index (κ2) is 9.69. The van der Waals surface area contributed by atoms with Gasteiger partial charge in [-0.3, -0.25) is 0 Å². The number of nitrogens with zero attached hydrogens (tertiary/aromatic N) is 2. The molecule has 0 aromatic heterocycles. The summed E-state index contributed by atoms with van der Waals surface area (Å²) in [7, 11) is 4.01. The van der Waals surface area contributed by atoms with Crippen LogP contribution in [0.15, 0.2) is 54.6 Å². The first-order valence-electron chi connectivity index (χ1n) is 8.56. The molecule has 0 unspecified atom stereocenters. The van der Waals surface area contributed by atoms with Gasteiger partial charge in [0.25, 0.3) is 0 Å². The lowest BCUT2D eigenvalue weighted by Crippen LogP contribution is -2.39. The number of ether oxygens (including phenoxy) is 1. The summed E-state index contributed by atoms with van der Waals surface area (Å²) in [6, 6.07) is 17.4. The molecule has 2 aromatic carbocycles. The van der Waals surface area contributed by atoms with Crippen LogP contribution in [0.25, 0.3) is 0 Å². The maximum Gasteiger partial charge on any atom is 0.322 e. The van der Waals surface area contributed by atoms with Crippen molar-refractivity contribution in [1.82, 2.24) is 9.80 Å². The van der Waals surface area contributed by atoms with Gasteiger partial charge in [-0.1, -0.05) is 30.3 Å². The smallest absolute Gasteiger partial charge is 0.322 e. The SMILES string of the molecule is CCOc1ccc(NC(=O)N(CCN(C)C)Cc2ccccc2)cc1. The lowest BCUT2D eigenvalue weighted by Gasteiger charge is -2.25. The van der Waals surface area contributed by atoms with Gasteiger partial charge in [-0.2, -0.15) is 0 Å². The third kappa shape index (κ3) is 6.47. The fourth-order valence-corrected chi connectivity index (χ4v) is 2.38. The van der Waals surface area contributed by atoms with Crippen LogP contribution in [0, 0.1) is 0 Å². The molecule has 0 spiro atoms. The average Bonchev–Trinajstić information content (AvgIpc) is 2.61. The van der Waals surface area contributed by atoms with Gasteiger partial charge in [0.15, 0.2) is 0 Å². The van der Waals surface area contributed by atoms with Gasteiger partial charge >= 0.3 is 6.03 Å². The monoisotopic (exact) mass is 341 g/mol. The van der Waals surface area contributed by atoms with Crippen molar-refractivity contribution in [3.63, 3.8) is 0 Å². The van der Waals surface area contributed by atoms with Crippen molar-refractivity contribution in [2.45, 2.75) is 13.5 Å². The number of benzene rings is 2. The molecule has 0 saturated carbocycles. The van der Waals surface area contributed by atoms with E-state index < -0.39 is 0 Å². The molecule has 0 bridgehead atoms. The summed E-state index contributed by atoms with van der Waals surface area (Å²) in [6.45, 7) is 4.62. The molecule has 0 fully saturated rings. The molecule has 2 aromatic rings. The van der Waals surface area contributed by atoms with Crippen LogP contribution in [0.5, 0.6) is 5.75 Å². The van der Waals surface area contributed by atoms with Crippen LogP contribution in [0.4, 0.5) is 10.5 Å². The van der Waals surface area contributed by atoms with Gasteiger partial charge in [0.05, 0.1) is 6.61 Å². The van der Waals surface area contributed by atoms with Crippen LogP contribution in [0.3, 0.4) is 0 Å². The Morgan fingerprint density at radius 2 is 1.68 bits per heavy atom. The number of amides is 2. The van der Waals surface area contributed by atoms with Gasteiger partial charge in [-0.05, 0) is 50.8 Å². The molecule has 0 radical (unpaired) electrons. The summed E-state index contributed by atoms with van der Waals surface area (Å²) in [5.74, 6) is 0.800. The summed E-state index contributed by atoms with van der Waals surface area (Å²) in [5.41, 5.74) is 1.87. The van der Waals surface area contributed by atoms with Crippen molar-refractivity contribution in [1.29, 1.82) is 0 Å². The van der Waals surface area contributed by atoms with E-state index in [-0.39, 0.29) is 6.03 Å². The summed E-state index contributed by atoms with van der Waals surface area (Å²) in [6.07, 6.45) is 0. The van der Waals surface area contributed by atoms with E-state index in [1.807, 2.05) is 80.5 Å². The number of hydrogen-bond donors (Lipinski definition) is 1. The minimum absolute atomic E-state index is 0.102. The highest BCUT2D eigenvalue weighted by Crippen LogP contribution is 2.16. The highest BCUT2D eigenvalue weighted by Gasteiger charge is 2.14. The van der Waals surface area contributed by atoms with Gasteiger partial charge in [0.1, 0.15) is 5.75 Å². The van der Waals surface area contributed by atoms with Gasteiger partial charge < -0.3 is 19.9 Å². The zero-order chi connectivity index (χ0) is 18.1. The molecular weight excluding hydrogens is 314 g/mol. The molecule has 5 heteroatoms. The Kier molecular flexibility index (Phi) is 7.29. The van der Waals surface area contributed by atoms with E-state index in [0.717, 1.165) is 23.5 Å². The largest absolute Gasteiger partial charge is 0.494 e. The number of likely N-dealkylation sites (N-methyl/N-ethyl adjacent to an activating group) is 1. The predicted octanol–water partition coefficient (Wildman–Crippen LogP) is 3.68. The van der Waals surface area contributed by atoms with E-state index in [4.69, 9.17) is 4.74 Å². The first-order chi connectivity index (χ1) is 12.1. The molecule has 0 saturated heterocycles. The van der Waals surface area contributed by atoms with E-state index in [1.165, 1.54) is 0 Å². The summed E-state index contributed by atoms with van der Waals surface area (Å²) < 4.78 is 5.43. The van der Waals surface area contributed by atoms with Gasteiger partial charge in [-0.25, -0.2) is 4.79 Å². The van der Waals surface area contributed by atoms with Crippen LogP contribution < -0.4 is 10.1 Å². The second-order valence-corrected chi connectivity index (χ2v) is 6.10. The van der Waals surface area contributed by atoms with Crippen molar-refractivity contribution in [2.24, 2.45) is 0 Å². The first kappa shape index (κ1) is 18.8. The zero-order valence-corrected chi connectivity index (χ0v) is 15.2. The lowest BCUT2D eigenvalue weighted by atomic mass is 10.2. The van der Waals surface area contributed by atoms with E-state index in [1.54, 1.807) is 0 Å². The van der Waals surface area contributed by atoms with E-state index in [9.17, 15) is 4.79 Å². The van der Waals surface area contributed by atoms with Crippen LogP contribution in [-0.2, 0) is 6.54 Å². The van der Waals surface area contributed by atoms with Crippen LogP contribution in [0.1, 0.15) is 12.5 Å². The van der Waals surface area contributed by atoms with Gasteiger partial charge in [-0.15, -0.1) is 0 Å².